The second-order valence-corrected chi connectivity index (χ2v) is 18.5. The van der Waals surface area contributed by atoms with Gasteiger partial charge in [-0.3, -0.25) is 0 Å². The maximum atomic E-state index is 4.96. The van der Waals surface area contributed by atoms with Crippen LogP contribution in [0.5, 0.6) is 0 Å². The molecule has 0 saturated heterocycles. The number of benzene rings is 5. The van der Waals surface area contributed by atoms with Crippen LogP contribution in [0.2, 0.25) is 13.1 Å². The van der Waals surface area contributed by atoms with Crippen molar-refractivity contribution in [2.24, 2.45) is 0 Å². The van der Waals surface area contributed by atoms with Crippen LogP contribution in [-0.4, -0.2) is 26.8 Å². The van der Waals surface area contributed by atoms with E-state index in [2.05, 4.69) is 188 Å². The van der Waals surface area contributed by atoms with E-state index >= 15 is 0 Å². The van der Waals surface area contributed by atoms with Crippen LogP contribution in [0.4, 0.5) is 0 Å². The van der Waals surface area contributed by atoms with Gasteiger partial charge in [0.15, 0.2) is 17.4 Å². The molecule has 0 aliphatic carbocycles. The Morgan fingerprint density at radius 1 is 0.680 bits per heavy atom. The van der Waals surface area contributed by atoms with Crippen molar-refractivity contribution in [3.05, 3.63) is 145 Å². The van der Waals surface area contributed by atoms with E-state index in [1.807, 2.05) is 6.20 Å². The zero-order chi connectivity index (χ0) is 33.9. The number of nitrogens with zero attached hydrogens (tertiary/aromatic N) is 4. The van der Waals surface area contributed by atoms with Crippen molar-refractivity contribution in [1.29, 1.82) is 0 Å². The number of rotatable bonds is 7. The molecule has 8 aromatic rings. The Kier molecular flexibility index (Phi) is 9.00. The summed E-state index contributed by atoms with van der Waals surface area (Å²) in [6.45, 7) is 13.8. The summed E-state index contributed by atoms with van der Waals surface area (Å²) in [5.41, 5.74) is 9.45. The molecule has 8 rings (SSSR count). The molecule has 0 spiro atoms. The summed E-state index contributed by atoms with van der Waals surface area (Å²) >= 11 is 0. The zero-order valence-corrected chi connectivity index (χ0v) is 32.7. The van der Waals surface area contributed by atoms with Gasteiger partial charge in [-0.15, -0.1) is 17.5 Å². The van der Waals surface area contributed by atoms with Crippen LogP contribution in [0.1, 0.15) is 45.2 Å². The van der Waals surface area contributed by atoms with Gasteiger partial charge in [0, 0.05) is 50.6 Å². The summed E-state index contributed by atoms with van der Waals surface area (Å²) in [4.78, 5) is 4.96. The van der Waals surface area contributed by atoms with E-state index in [4.69, 9.17) is 4.98 Å². The van der Waals surface area contributed by atoms with Gasteiger partial charge in [-0.05, 0) is 72.2 Å². The minimum absolute atomic E-state index is 0. The number of pyridine rings is 1. The Morgan fingerprint density at radius 2 is 1.38 bits per heavy atom. The number of fused-ring (bicyclic) bond motifs is 4. The van der Waals surface area contributed by atoms with Crippen molar-refractivity contribution in [3.63, 3.8) is 0 Å². The van der Waals surface area contributed by atoms with Gasteiger partial charge < -0.3 is 4.57 Å². The fourth-order valence-electron chi connectivity index (χ4n) is 7.31. The molecule has 0 amide bonds. The maximum absolute atomic E-state index is 4.96. The largest absolute Gasteiger partial charge is 0.319 e. The van der Waals surface area contributed by atoms with Gasteiger partial charge in [0.2, 0.25) is 0 Å². The van der Waals surface area contributed by atoms with E-state index in [1.165, 1.54) is 48.9 Å². The molecule has 6 heteroatoms. The molecule has 4 nitrogen and oxygen atoms in total. The topological polar surface area (TPSA) is 27.7 Å². The van der Waals surface area contributed by atoms with Crippen molar-refractivity contribution in [3.8, 4) is 22.6 Å². The summed E-state index contributed by atoms with van der Waals surface area (Å²) in [6, 6.07) is 49.8. The van der Waals surface area contributed by atoms with Crippen molar-refractivity contribution in [2.75, 3.05) is 0 Å². The molecule has 252 valence electrons. The summed E-state index contributed by atoms with van der Waals surface area (Å²) in [6.07, 6.45) is 4.16. The Morgan fingerprint density at radius 3 is 2.16 bits per heavy atom. The second-order valence-electron chi connectivity index (χ2n) is 14.2. The van der Waals surface area contributed by atoms with Crippen LogP contribution in [-0.2, 0) is 21.1 Å². The van der Waals surface area contributed by atoms with Crippen LogP contribution in [0.25, 0.3) is 55.5 Å². The minimum atomic E-state index is -2.24. The maximum Gasteiger partial charge on any atom is 0.188 e. The van der Waals surface area contributed by atoms with Crippen molar-refractivity contribution in [1.82, 2.24) is 18.7 Å². The Bertz CT molecular complexity index is 2500. The first-order valence-electron chi connectivity index (χ1n) is 17.3. The van der Waals surface area contributed by atoms with Gasteiger partial charge in [-0.2, -0.15) is 40.7 Å². The summed E-state index contributed by atoms with van der Waals surface area (Å²) < 4.78 is 6.92. The molecule has 0 bridgehead atoms. The first kappa shape index (κ1) is 33.9. The van der Waals surface area contributed by atoms with Crippen LogP contribution < -0.4 is 10.4 Å². The van der Waals surface area contributed by atoms with Crippen LogP contribution in [0.15, 0.2) is 128 Å². The molecular weight excluding hydrogens is 808 g/mol. The average Bonchev–Trinajstić information content (AvgIpc) is 3.68. The number of para-hydroxylation sites is 3. The number of aromatic nitrogens is 4. The number of hydrogen-bond donors (Lipinski definition) is 0. The van der Waals surface area contributed by atoms with Crippen LogP contribution >= 0.6 is 0 Å². The van der Waals surface area contributed by atoms with E-state index < -0.39 is 8.07 Å². The zero-order valence-electron chi connectivity index (χ0n) is 29.4. The molecule has 0 unspecified atom stereocenters. The molecule has 0 saturated carbocycles. The first-order chi connectivity index (χ1) is 23.7. The van der Waals surface area contributed by atoms with E-state index in [9.17, 15) is 0 Å². The van der Waals surface area contributed by atoms with Crippen LogP contribution in [0.3, 0.4) is 0 Å². The molecule has 0 aliphatic rings. The average molecular weight is 849 g/mol. The summed E-state index contributed by atoms with van der Waals surface area (Å²) in [5, 5.41) is 4.89. The monoisotopic (exact) mass is 848 g/mol. The van der Waals surface area contributed by atoms with Crippen molar-refractivity contribution in [2.45, 2.75) is 52.7 Å². The van der Waals surface area contributed by atoms with Gasteiger partial charge in [0.05, 0.1) is 14.1 Å². The quantitative estimate of drug-likeness (QED) is 0.116. The standard InChI is InChI=1S/C44H41N4Si.Pt/c1-30(2)36-16-7-8-17-37(36)32-24-25-45-44(26-32)48-40-19-10-9-18-38(40)39-23-22-35(28-43(39)48)49(5,6)34-15-13-14-33(27-34)47-29-46(31(3)4)41-20-11-12-21-42(41)47;/h7-26,29-31H,1-6H3;/q-1;. The smallest absolute Gasteiger partial charge is 0.188 e. The first-order valence-corrected chi connectivity index (χ1v) is 20.3. The number of hydrogen-bond acceptors (Lipinski definition) is 1. The molecule has 0 atom stereocenters. The number of imidazole rings is 1. The molecule has 0 N–H and O–H groups in total. The van der Waals surface area contributed by atoms with Crippen molar-refractivity contribution >= 4 is 51.3 Å². The van der Waals surface area contributed by atoms with Crippen LogP contribution in [0, 0.1) is 12.1 Å². The predicted octanol–water partition coefficient (Wildman–Crippen LogP) is 10.00. The SMILES string of the molecule is CC(C)c1ccccc1-c1ccnc(-n2c3[c-]c([Si](C)(C)c4[c-]c(-n5[cH+]n(C(C)C)c6ccccc65)ccc4)ccc3c3ccccc32)c1.[Pt]. The molecule has 0 aliphatic heterocycles. The molecule has 3 aromatic heterocycles. The normalized spacial score (nSPS) is 12.0. The predicted molar refractivity (Wildman–Crippen MR) is 209 cm³/mol. The van der Waals surface area contributed by atoms with E-state index in [0.717, 1.165) is 22.5 Å². The molecule has 0 fully saturated rings. The minimum Gasteiger partial charge on any atom is -0.319 e. The van der Waals surface area contributed by atoms with Gasteiger partial charge in [-0.25, -0.2) is 14.1 Å². The molecule has 50 heavy (non-hydrogen) atoms. The molecule has 3 heterocycles. The molecule has 0 radical (unpaired) electrons. The fourth-order valence-corrected chi connectivity index (χ4v) is 9.49. The van der Waals surface area contributed by atoms with Crippen molar-refractivity contribution < 1.29 is 21.1 Å². The summed E-state index contributed by atoms with van der Waals surface area (Å²) in [7, 11) is -2.24. The molecular formula is C44H41N4PtSi-. The third-order valence-electron chi connectivity index (χ3n) is 10.1. The molecule has 5 aromatic carbocycles. The second kappa shape index (κ2) is 13.3. The van der Waals surface area contributed by atoms with Gasteiger partial charge in [-0.1, -0.05) is 74.9 Å². The third kappa shape index (κ3) is 5.67. The van der Waals surface area contributed by atoms with Gasteiger partial charge in [0.25, 0.3) is 0 Å². The van der Waals surface area contributed by atoms with E-state index in [0.29, 0.717) is 12.0 Å². The van der Waals surface area contributed by atoms with Gasteiger partial charge >= 0.3 is 0 Å². The Hall–Kier alpha value is -4.57. The fraction of sp³-hybridized carbons (Fsp3) is 0.182. The Labute approximate surface area is 310 Å². The summed E-state index contributed by atoms with van der Waals surface area (Å²) in [5.74, 6) is 1.33. The van der Waals surface area contributed by atoms with E-state index in [1.54, 1.807) is 0 Å². The van der Waals surface area contributed by atoms with E-state index in [-0.39, 0.29) is 21.1 Å². The third-order valence-corrected chi connectivity index (χ3v) is 13.3. The Balaban J connectivity index is 0.00000392. The van der Waals surface area contributed by atoms with Gasteiger partial charge in [0.1, 0.15) is 5.82 Å².